The van der Waals surface area contributed by atoms with E-state index in [4.69, 9.17) is 11.6 Å². The van der Waals surface area contributed by atoms with Crippen molar-refractivity contribution in [2.24, 2.45) is 5.92 Å². The SMILES string of the molecule is CC(Cn1nc(C(F)(F)F)cc1C1CC1)C(=O)Nc1ccccc1Sc1ccc(Cl)cc1. The van der Waals surface area contributed by atoms with Crippen LogP contribution in [0.25, 0.3) is 0 Å². The van der Waals surface area contributed by atoms with E-state index in [0.29, 0.717) is 16.4 Å². The summed E-state index contributed by atoms with van der Waals surface area (Å²) in [6, 6.07) is 15.9. The minimum atomic E-state index is -4.50. The Bertz CT molecular complexity index is 1110. The van der Waals surface area contributed by atoms with Crippen molar-refractivity contribution >= 4 is 35.0 Å². The van der Waals surface area contributed by atoms with Crippen molar-refractivity contribution in [3.05, 3.63) is 71.0 Å². The van der Waals surface area contributed by atoms with Crippen molar-refractivity contribution in [1.82, 2.24) is 9.78 Å². The maximum absolute atomic E-state index is 13.1. The van der Waals surface area contributed by atoms with Gasteiger partial charge in [-0.05, 0) is 55.3 Å². The molecule has 2 aromatic carbocycles. The highest BCUT2D eigenvalue weighted by molar-refractivity contribution is 7.99. The Labute approximate surface area is 193 Å². The number of carbonyl (C=O) groups excluding carboxylic acids is 1. The lowest BCUT2D eigenvalue weighted by Crippen LogP contribution is -2.26. The molecule has 168 valence electrons. The number of nitrogens with zero attached hydrogens (tertiary/aromatic N) is 2. The molecular weight excluding hydrogens is 459 g/mol. The number of para-hydroxylation sites is 1. The number of hydrogen-bond acceptors (Lipinski definition) is 3. The number of halogens is 4. The number of rotatable bonds is 7. The average Bonchev–Trinajstić information content (AvgIpc) is 3.50. The zero-order valence-electron chi connectivity index (χ0n) is 17.2. The van der Waals surface area contributed by atoms with Gasteiger partial charge in [0.15, 0.2) is 5.69 Å². The van der Waals surface area contributed by atoms with Gasteiger partial charge in [-0.25, -0.2) is 0 Å². The maximum atomic E-state index is 13.1. The van der Waals surface area contributed by atoms with Gasteiger partial charge >= 0.3 is 6.18 Å². The number of carbonyl (C=O) groups is 1. The fourth-order valence-corrected chi connectivity index (χ4v) is 4.34. The van der Waals surface area contributed by atoms with E-state index < -0.39 is 17.8 Å². The first-order valence-electron chi connectivity index (χ1n) is 10.2. The highest BCUT2D eigenvalue weighted by Crippen LogP contribution is 2.42. The molecule has 1 aromatic heterocycles. The summed E-state index contributed by atoms with van der Waals surface area (Å²) < 4.78 is 40.7. The lowest BCUT2D eigenvalue weighted by molar-refractivity contribution is -0.141. The van der Waals surface area contributed by atoms with E-state index in [0.717, 1.165) is 28.7 Å². The molecule has 0 bridgehead atoms. The lowest BCUT2D eigenvalue weighted by atomic mass is 10.1. The predicted molar refractivity (Wildman–Crippen MR) is 119 cm³/mol. The van der Waals surface area contributed by atoms with Gasteiger partial charge in [0.1, 0.15) is 0 Å². The average molecular weight is 480 g/mol. The Morgan fingerprint density at radius 2 is 1.91 bits per heavy atom. The van der Waals surface area contributed by atoms with Crippen LogP contribution in [0.1, 0.15) is 37.1 Å². The maximum Gasteiger partial charge on any atom is 0.435 e. The molecule has 1 amide bonds. The van der Waals surface area contributed by atoms with Crippen molar-refractivity contribution < 1.29 is 18.0 Å². The molecule has 0 spiro atoms. The third-order valence-electron chi connectivity index (χ3n) is 5.18. The summed E-state index contributed by atoms with van der Waals surface area (Å²) in [5.74, 6) is -0.757. The Kier molecular flexibility index (Phi) is 6.53. The highest BCUT2D eigenvalue weighted by Gasteiger charge is 2.38. The predicted octanol–water partition coefficient (Wildman–Crippen LogP) is 6.86. The molecule has 9 heteroatoms. The molecule has 3 aromatic rings. The summed E-state index contributed by atoms with van der Waals surface area (Å²) in [5, 5.41) is 7.31. The van der Waals surface area contributed by atoms with E-state index in [-0.39, 0.29) is 18.4 Å². The molecule has 4 rings (SSSR count). The third-order valence-corrected chi connectivity index (χ3v) is 6.51. The summed E-state index contributed by atoms with van der Waals surface area (Å²) >= 11 is 7.43. The Morgan fingerprint density at radius 3 is 2.56 bits per heavy atom. The van der Waals surface area contributed by atoms with E-state index in [1.165, 1.54) is 16.4 Å². The van der Waals surface area contributed by atoms with Gasteiger partial charge in [-0.2, -0.15) is 18.3 Å². The van der Waals surface area contributed by atoms with E-state index in [1.54, 1.807) is 25.1 Å². The van der Waals surface area contributed by atoms with Crippen LogP contribution >= 0.6 is 23.4 Å². The largest absolute Gasteiger partial charge is 0.435 e. The monoisotopic (exact) mass is 479 g/mol. The fourth-order valence-electron chi connectivity index (χ4n) is 3.31. The number of hydrogen-bond donors (Lipinski definition) is 1. The standard InChI is InChI=1S/C23H21ClF3N3OS/c1-14(13-30-19(15-6-7-15)12-21(29-30)23(25,26)27)22(31)28-18-4-2-3-5-20(18)32-17-10-8-16(24)9-11-17/h2-5,8-12,14-15H,6-7,13H2,1H3,(H,28,31). The molecule has 4 nitrogen and oxygen atoms in total. The zero-order valence-corrected chi connectivity index (χ0v) is 18.8. The van der Waals surface area contributed by atoms with Gasteiger partial charge in [-0.3, -0.25) is 9.48 Å². The Balaban J connectivity index is 1.47. The molecule has 1 aliphatic carbocycles. The molecule has 1 unspecified atom stereocenters. The molecule has 32 heavy (non-hydrogen) atoms. The van der Waals surface area contributed by atoms with Crippen LogP contribution in [0.3, 0.4) is 0 Å². The van der Waals surface area contributed by atoms with Gasteiger partial charge in [-0.15, -0.1) is 0 Å². The molecule has 1 atom stereocenters. The number of aromatic nitrogens is 2. The molecule has 1 heterocycles. The minimum Gasteiger partial charge on any atom is -0.325 e. The first kappa shape index (κ1) is 22.7. The second-order valence-corrected chi connectivity index (χ2v) is 9.40. The van der Waals surface area contributed by atoms with Gasteiger partial charge in [0.2, 0.25) is 5.91 Å². The smallest absolute Gasteiger partial charge is 0.325 e. The molecule has 1 aliphatic rings. The Morgan fingerprint density at radius 1 is 1.22 bits per heavy atom. The van der Waals surface area contributed by atoms with Gasteiger partial charge < -0.3 is 5.32 Å². The number of nitrogens with one attached hydrogen (secondary N) is 1. The highest BCUT2D eigenvalue weighted by atomic mass is 35.5. The van der Waals surface area contributed by atoms with E-state index in [2.05, 4.69) is 10.4 Å². The van der Waals surface area contributed by atoms with Gasteiger partial charge in [-0.1, -0.05) is 42.4 Å². The molecule has 0 saturated heterocycles. The van der Waals surface area contributed by atoms with Crippen LogP contribution in [-0.4, -0.2) is 15.7 Å². The summed E-state index contributed by atoms with van der Waals surface area (Å²) in [5.41, 5.74) is 0.288. The second-order valence-electron chi connectivity index (χ2n) is 7.85. The van der Waals surface area contributed by atoms with Gasteiger partial charge in [0.25, 0.3) is 0 Å². The molecule has 1 fully saturated rings. The topological polar surface area (TPSA) is 46.9 Å². The lowest BCUT2D eigenvalue weighted by Gasteiger charge is -2.16. The van der Waals surface area contributed by atoms with Crippen LogP contribution in [-0.2, 0) is 17.5 Å². The molecule has 1 N–H and O–H groups in total. The summed E-state index contributed by atoms with van der Waals surface area (Å²) in [6.07, 6.45) is -2.81. The fraction of sp³-hybridized carbons (Fsp3) is 0.304. The van der Waals surface area contributed by atoms with Crippen molar-refractivity contribution in [1.29, 1.82) is 0 Å². The van der Waals surface area contributed by atoms with Crippen molar-refractivity contribution in [3.63, 3.8) is 0 Å². The zero-order chi connectivity index (χ0) is 22.9. The van der Waals surface area contributed by atoms with Crippen molar-refractivity contribution in [2.75, 3.05) is 5.32 Å². The molecular formula is C23H21ClF3N3OS. The quantitative estimate of drug-likeness (QED) is 0.402. The van der Waals surface area contributed by atoms with Crippen LogP contribution in [0.15, 0.2) is 64.4 Å². The van der Waals surface area contributed by atoms with Crippen LogP contribution in [0.5, 0.6) is 0 Å². The first-order valence-corrected chi connectivity index (χ1v) is 11.4. The van der Waals surface area contributed by atoms with Crippen LogP contribution in [0.2, 0.25) is 5.02 Å². The number of alkyl halides is 3. The minimum absolute atomic E-state index is 0.0836. The van der Waals surface area contributed by atoms with Crippen LogP contribution in [0.4, 0.5) is 18.9 Å². The van der Waals surface area contributed by atoms with Gasteiger partial charge in [0.05, 0.1) is 18.2 Å². The van der Waals surface area contributed by atoms with E-state index >= 15 is 0 Å². The van der Waals surface area contributed by atoms with Gasteiger partial charge in [0, 0.05) is 26.4 Å². The van der Waals surface area contributed by atoms with E-state index in [9.17, 15) is 18.0 Å². The molecule has 0 radical (unpaired) electrons. The first-order chi connectivity index (χ1) is 15.2. The second kappa shape index (κ2) is 9.19. The summed E-state index contributed by atoms with van der Waals surface area (Å²) in [6.45, 7) is 1.77. The normalized spacial score (nSPS) is 14.9. The van der Waals surface area contributed by atoms with E-state index in [1.807, 2.05) is 30.3 Å². The van der Waals surface area contributed by atoms with Crippen LogP contribution in [0, 0.1) is 5.92 Å². The molecule has 0 aliphatic heterocycles. The number of benzene rings is 2. The summed E-state index contributed by atoms with van der Waals surface area (Å²) in [7, 11) is 0. The summed E-state index contributed by atoms with van der Waals surface area (Å²) in [4.78, 5) is 14.7. The van der Waals surface area contributed by atoms with Crippen LogP contribution < -0.4 is 5.32 Å². The Hall–Kier alpha value is -2.45. The van der Waals surface area contributed by atoms with Crippen molar-refractivity contribution in [2.45, 2.75) is 48.2 Å². The van der Waals surface area contributed by atoms with Crippen molar-refractivity contribution in [3.8, 4) is 0 Å². The number of amides is 1. The molecule has 1 saturated carbocycles. The third kappa shape index (κ3) is 5.48. The number of anilines is 1.